The summed E-state index contributed by atoms with van der Waals surface area (Å²) >= 11 is 0. The Morgan fingerprint density at radius 1 is 0.593 bits per heavy atom. The minimum atomic E-state index is 0.753. The van der Waals surface area contributed by atoms with Crippen LogP contribution in [0.25, 0.3) is 0 Å². The molecule has 0 aliphatic carbocycles. The van der Waals surface area contributed by atoms with Crippen molar-refractivity contribution >= 4 is 0 Å². The Bertz CT molecular complexity index is 504. The summed E-state index contributed by atoms with van der Waals surface area (Å²) in [6, 6.07) is 14.7. The highest BCUT2D eigenvalue weighted by atomic mass is 16.5. The first-order valence-corrected chi connectivity index (χ1v) is 11.0. The van der Waals surface area contributed by atoms with Gasteiger partial charge in [0.1, 0.15) is 0 Å². The molecule has 0 bridgehead atoms. The van der Waals surface area contributed by atoms with E-state index in [1.54, 1.807) is 0 Å². The van der Waals surface area contributed by atoms with Gasteiger partial charge in [-0.05, 0) is 36.5 Å². The Kier molecular flexibility index (Phi) is 12.3. The molecular weight excluding hydrogens is 330 g/mol. The van der Waals surface area contributed by atoms with Gasteiger partial charge in [-0.2, -0.15) is 0 Å². The summed E-state index contributed by atoms with van der Waals surface area (Å²) in [5.41, 5.74) is 2.65. The van der Waals surface area contributed by atoms with Crippen molar-refractivity contribution in [3.8, 4) is 0 Å². The number of hydrogen-bond acceptors (Lipinski definition) is 2. The maximum Gasteiger partial charge on any atom is 0.0716 e. The van der Waals surface area contributed by atoms with E-state index in [0.29, 0.717) is 0 Å². The third-order valence-corrected chi connectivity index (χ3v) is 5.09. The van der Waals surface area contributed by atoms with Crippen molar-refractivity contribution in [2.45, 2.75) is 83.7 Å². The molecular formula is C25H37NO. The molecule has 0 spiro atoms. The first-order chi connectivity index (χ1) is 13.4. The normalized spacial score (nSPS) is 11.0. The minimum Gasteiger partial charge on any atom is -0.377 e. The lowest BCUT2D eigenvalue weighted by Crippen LogP contribution is -1.95. The van der Waals surface area contributed by atoms with Crippen molar-refractivity contribution in [1.82, 2.24) is 4.98 Å². The van der Waals surface area contributed by atoms with Gasteiger partial charge in [0, 0.05) is 19.0 Å². The monoisotopic (exact) mass is 367 g/mol. The number of pyridine rings is 1. The van der Waals surface area contributed by atoms with Crippen molar-refractivity contribution in [3.63, 3.8) is 0 Å². The lowest BCUT2D eigenvalue weighted by atomic mass is 10.0. The summed E-state index contributed by atoms with van der Waals surface area (Å²) in [7, 11) is 0. The maximum absolute atomic E-state index is 5.74. The van der Waals surface area contributed by atoms with Gasteiger partial charge in [0.05, 0.1) is 6.61 Å². The van der Waals surface area contributed by atoms with Gasteiger partial charge >= 0.3 is 0 Å². The molecule has 0 aliphatic heterocycles. The highest BCUT2D eigenvalue weighted by Gasteiger charge is 1.96. The number of ether oxygens (including phenoxy) is 1. The van der Waals surface area contributed by atoms with Crippen LogP contribution in [-0.2, 0) is 17.8 Å². The topological polar surface area (TPSA) is 22.1 Å². The Morgan fingerprint density at radius 3 is 1.81 bits per heavy atom. The molecule has 0 unspecified atom stereocenters. The molecule has 2 aromatic rings. The highest BCUT2D eigenvalue weighted by Crippen LogP contribution is 2.13. The Morgan fingerprint density at radius 2 is 1.19 bits per heavy atom. The Hall–Kier alpha value is -1.67. The Labute approximate surface area is 166 Å². The van der Waals surface area contributed by atoms with E-state index in [1.165, 1.54) is 88.2 Å². The van der Waals surface area contributed by atoms with Gasteiger partial charge in [-0.25, -0.2) is 0 Å². The largest absolute Gasteiger partial charge is 0.377 e. The van der Waals surface area contributed by atoms with E-state index in [9.17, 15) is 0 Å². The van der Waals surface area contributed by atoms with Crippen LogP contribution in [0.3, 0.4) is 0 Å². The van der Waals surface area contributed by atoms with Crippen LogP contribution in [0.15, 0.2) is 54.9 Å². The van der Waals surface area contributed by atoms with Crippen molar-refractivity contribution in [3.05, 3.63) is 66.0 Å². The zero-order valence-electron chi connectivity index (χ0n) is 17.0. The second-order valence-electron chi connectivity index (χ2n) is 7.54. The molecule has 0 fully saturated rings. The van der Waals surface area contributed by atoms with E-state index in [-0.39, 0.29) is 0 Å². The number of aryl methyl sites for hydroxylation is 1. The first kappa shape index (κ1) is 21.6. The summed E-state index contributed by atoms with van der Waals surface area (Å²) in [6.45, 7) is 1.65. The predicted octanol–water partition coefficient (Wildman–Crippen LogP) is 7.13. The van der Waals surface area contributed by atoms with Crippen LogP contribution in [0.5, 0.6) is 0 Å². The van der Waals surface area contributed by atoms with Crippen LogP contribution in [0, 0.1) is 0 Å². The van der Waals surface area contributed by atoms with Gasteiger partial charge in [-0.3, -0.25) is 4.98 Å². The average molecular weight is 368 g/mol. The summed E-state index contributed by atoms with van der Waals surface area (Å²) in [6.07, 6.45) is 20.0. The molecule has 0 radical (unpaired) electrons. The molecule has 1 aromatic carbocycles. The lowest BCUT2D eigenvalue weighted by Gasteiger charge is -2.05. The van der Waals surface area contributed by atoms with Gasteiger partial charge in [0.25, 0.3) is 0 Å². The first-order valence-electron chi connectivity index (χ1n) is 11.0. The molecule has 0 saturated carbocycles. The third-order valence-electron chi connectivity index (χ3n) is 5.09. The van der Waals surface area contributed by atoms with Gasteiger partial charge < -0.3 is 4.74 Å². The second kappa shape index (κ2) is 15.4. The molecule has 0 saturated heterocycles. The highest BCUT2D eigenvalue weighted by molar-refractivity contribution is 5.13. The molecule has 2 heteroatoms. The molecule has 2 rings (SSSR count). The molecule has 1 heterocycles. The van der Waals surface area contributed by atoms with E-state index >= 15 is 0 Å². The fourth-order valence-corrected chi connectivity index (χ4v) is 3.43. The number of benzene rings is 1. The number of rotatable bonds is 16. The molecule has 27 heavy (non-hydrogen) atoms. The molecule has 0 atom stereocenters. The van der Waals surface area contributed by atoms with E-state index in [1.807, 2.05) is 24.5 Å². The SMILES string of the molecule is c1ccc(COCCCCCCCCCCCCCc2cccnc2)cc1. The van der Waals surface area contributed by atoms with Gasteiger partial charge in [-0.1, -0.05) is 94.2 Å². The molecule has 0 aliphatic rings. The smallest absolute Gasteiger partial charge is 0.0716 e. The van der Waals surface area contributed by atoms with Crippen LogP contribution >= 0.6 is 0 Å². The third kappa shape index (κ3) is 11.6. The van der Waals surface area contributed by atoms with E-state index in [0.717, 1.165) is 13.2 Å². The van der Waals surface area contributed by atoms with E-state index in [4.69, 9.17) is 4.74 Å². The Balaban J connectivity index is 1.26. The lowest BCUT2D eigenvalue weighted by molar-refractivity contribution is 0.116. The zero-order valence-corrected chi connectivity index (χ0v) is 17.0. The number of aromatic nitrogens is 1. The van der Waals surface area contributed by atoms with Crippen LogP contribution in [0.4, 0.5) is 0 Å². The molecule has 1 aromatic heterocycles. The van der Waals surface area contributed by atoms with Crippen LogP contribution in [0.1, 0.15) is 81.8 Å². The van der Waals surface area contributed by atoms with Crippen LogP contribution < -0.4 is 0 Å². The summed E-state index contributed by atoms with van der Waals surface area (Å²) in [5.74, 6) is 0. The van der Waals surface area contributed by atoms with E-state index in [2.05, 4.69) is 35.3 Å². The van der Waals surface area contributed by atoms with Crippen molar-refractivity contribution in [2.75, 3.05) is 6.61 Å². The van der Waals surface area contributed by atoms with Gasteiger partial charge in [0.2, 0.25) is 0 Å². The quantitative estimate of drug-likeness (QED) is 0.294. The molecule has 148 valence electrons. The minimum absolute atomic E-state index is 0.753. The maximum atomic E-state index is 5.74. The summed E-state index contributed by atoms with van der Waals surface area (Å²) in [4.78, 5) is 4.17. The number of nitrogens with zero attached hydrogens (tertiary/aromatic N) is 1. The number of unbranched alkanes of at least 4 members (excludes halogenated alkanes) is 10. The van der Waals surface area contributed by atoms with Gasteiger partial charge in [0.15, 0.2) is 0 Å². The second-order valence-corrected chi connectivity index (χ2v) is 7.54. The standard InChI is InChI=1S/C25H37NO/c1(2-4-6-8-11-16-24-19-15-20-26-22-24)3-5-7-9-14-21-27-23-25-17-12-10-13-18-25/h10,12-13,15,17-20,22H,1-9,11,14,16,21,23H2. The molecule has 0 amide bonds. The van der Waals surface area contributed by atoms with Crippen LogP contribution in [-0.4, -0.2) is 11.6 Å². The summed E-state index contributed by atoms with van der Waals surface area (Å²) in [5, 5.41) is 0. The fraction of sp³-hybridized carbons (Fsp3) is 0.560. The van der Waals surface area contributed by atoms with Crippen molar-refractivity contribution in [1.29, 1.82) is 0 Å². The van der Waals surface area contributed by atoms with Gasteiger partial charge in [-0.15, -0.1) is 0 Å². The summed E-state index contributed by atoms with van der Waals surface area (Å²) < 4.78 is 5.74. The average Bonchev–Trinajstić information content (AvgIpc) is 2.72. The molecule has 0 N–H and O–H groups in total. The fourth-order valence-electron chi connectivity index (χ4n) is 3.43. The zero-order chi connectivity index (χ0) is 18.8. The van der Waals surface area contributed by atoms with E-state index < -0.39 is 0 Å². The van der Waals surface area contributed by atoms with Crippen molar-refractivity contribution < 1.29 is 4.74 Å². The molecule has 2 nitrogen and oxygen atoms in total. The predicted molar refractivity (Wildman–Crippen MR) is 115 cm³/mol. The van der Waals surface area contributed by atoms with Crippen molar-refractivity contribution in [2.24, 2.45) is 0 Å². The number of hydrogen-bond donors (Lipinski definition) is 0. The van der Waals surface area contributed by atoms with Crippen LogP contribution in [0.2, 0.25) is 0 Å².